The Balaban J connectivity index is 1.46. The van der Waals surface area contributed by atoms with E-state index in [1.165, 1.54) is 4.68 Å². The van der Waals surface area contributed by atoms with Crippen LogP contribution in [-0.2, 0) is 16.1 Å². The number of ether oxygens (including phenoxy) is 1. The first-order valence-corrected chi connectivity index (χ1v) is 11.8. The number of hydrogen-bond acceptors (Lipinski definition) is 5. The zero-order chi connectivity index (χ0) is 23.7. The summed E-state index contributed by atoms with van der Waals surface area (Å²) in [5.74, 6) is 0.226. The third-order valence-corrected chi connectivity index (χ3v) is 6.52. The molecule has 0 aromatic heterocycles. The molecule has 3 aliphatic heterocycles. The molecule has 1 aromatic carbocycles. The van der Waals surface area contributed by atoms with Crippen molar-refractivity contribution in [1.82, 2.24) is 24.1 Å². The molecule has 4 aliphatic rings. The Hall–Kier alpha value is -3.46. The van der Waals surface area contributed by atoms with E-state index in [9.17, 15) is 14.4 Å². The molecule has 2 fully saturated rings. The second kappa shape index (κ2) is 9.42. The molecule has 1 saturated carbocycles. The molecule has 1 aromatic rings. The Kier molecular flexibility index (Phi) is 6.19. The van der Waals surface area contributed by atoms with E-state index in [-0.39, 0.29) is 23.3 Å². The van der Waals surface area contributed by atoms with E-state index in [1.807, 2.05) is 39.8 Å². The number of pyridine rings is 1. The number of para-hydroxylation sites is 1. The van der Waals surface area contributed by atoms with Crippen LogP contribution in [0.1, 0.15) is 29.6 Å². The Bertz CT molecular complexity index is 1210. The summed E-state index contributed by atoms with van der Waals surface area (Å²) in [5.41, 5.74) is 1.62. The van der Waals surface area contributed by atoms with E-state index >= 15 is 0 Å². The smallest absolute Gasteiger partial charge is 0.282 e. The van der Waals surface area contributed by atoms with Gasteiger partial charge in [0, 0.05) is 64.8 Å². The van der Waals surface area contributed by atoms with Gasteiger partial charge in [0.1, 0.15) is 5.69 Å². The molecule has 178 valence electrons. The summed E-state index contributed by atoms with van der Waals surface area (Å²) in [7, 11) is 1.65. The fourth-order valence-corrected chi connectivity index (χ4v) is 4.47. The predicted molar refractivity (Wildman–Crippen MR) is 126 cm³/mol. The molecule has 1 aliphatic carbocycles. The van der Waals surface area contributed by atoms with Crippen LogP contribution in [-0.4, -0.2) is 75.9 Å². The highest BCUT2D eigenvalue weighted by atomic mass is 16.5. The summed E-state index contributed by atoms with van der Waals surface area (Å²) < 4.78 is 8.39. The molecule has 0 spiro atoms. The van der Waals surface area contributed by atoms with Crippen LogP contribution in [0.25, 0.3) is 16.9 Å². The van der Waals surface area contributed by atoms with Crippen LogP contribution in [0.4, 0.5) is 0 Å². The maximum absolute atomic E-state index is 13.6. The standard InChI is InChI=1S/C25H29N5O4/c1-34-15-5-10-27-16-20(24(32)29-13-11-28(12-14-29)23(31)18-8-9-18)22-21(17-27)25(33)30(26-22)19-6-3-2-4-7-19/h2-4,6-7,16-18H,5,8-15H2,1H3. The minimum absolute atomic E-state index is 0.165. The number of benzene rings is 1. The average Bonchev–Trinajstić information content (AvgIpc) is 3.67. The number of piperazine rings is 1. The second-order valence-electron chi connectivity index (χ2n) is 8.96. The molecule has 0 unspecified atom stereocenters. The van der Waals surface area contributed by atoms with Crippen LogP contribution in [0.15, 0.2) is 47.5 Å². The minimum atomic E-state index is -0.254. The van der Waals surface area contributed by atoms with E-state index in [2.05, 4.69) is 5.10 Å². The van der Waals surface area contributed by atoms with Crippen molar-refractivity contribution in [2.75, 3.05) is 39.9 Å². The monoisotopic (exact) mass is 463 g/mol. The quantitative estimate of drug-likeness (QED) is 0.499. The first-order valence-electron chi connectivity index (χ1n) is 11.8. The van der Waals surface area contributed by atoms with Crippen LogP contribution >= 0.6 is 0 Å². The predicted octanol–water partition coefficient (Wildman–Crippen LogP) is 1.87. The molecule has 9 heteroatoms. The summed E-state index contributed by atoms with van der Waals surface area (Å²) in [4.78, 5) is 42.9. The van der Waals surface area contributed by atoms with Gasteiger partial charge >= 0.3 is 0 Å². The van der Waals surface area contributed by atoms with Gasteiger partial charge in [-0.3, -0.25) is 14.4 Å². The fraction of sp³-hybridized carbons (Fsp3) is 0.440. The molecule has 1 saturated heterocycles. The molecular formula is C25H29N5O4. The topological polar surface area (TPSA) is 89.7 Å². The Morgan fingerprint density at radius 3 is 2.41 bits per heavy atom. The maximum atomic E-state index is 13.6. The Labute approximate surface area is 197 Å². The van der Waals surface area contributed by atoms with Gasteiger partial charge in [0.15, 0.2) is 0 Å². The first kappa shape index (κ1) is 22.3. The van der Waals surface area contributed by atoms with Gasteiger partial charge in [-0.25, -0.2) is 0 Å². The minimum Gasteiger partial charge on any atom is -0.385 e. The van der Waals surface area contributed by atoms with Crippen molar-refractivity contribution < 1.29 is 14.3 Å². The highest BCUT2D eigenvalue weighted by molar-refractivity contribution is 6.00. The summed E-state index contributed by atoms with van der Waals surface area (Å²) in [6, 6.07) is 9.21. The maximum Gasteiger partial charge on any atom is 0.282 e. The summed E-state index contributed by atoms with van der Waals surface area (Å²) >= 11 is 0. The molecule has 0 atom stereocenters. The number of aromatic nitrogens is 3. The van der Waals surface area contributed by atoms with E-state index in [0.717, 1.165) is 19.3 Å². The third-order valence-electron chi connectivity index (χ3n) is 6.52. The highest BCUT2D eigenvalue weighted by Crippen LogP contribution is 2.31. The summed E-state index contributed by atoms with van der Waals surface area (Å²) in [5, 5.41) is 4.56. The highest BCUT2D eigenvalue weighted by Gasteiger charge is 2.36. The largest absolute Gasteiger partial charge is 0.385 e. The number of amides is 2. The molecule has 0 radical (unpaired) electrons. The van der Waals surface area contributed by atoms with Crippen LogP contribution in [0.3, 0.4) is 0 Å². The molecule has 3 heterocycles. The van der Waals surface area contributed by atoms with Crippen molar-refractivity contribution in [3.05, 3.63) is 58.6 Å². The van der Waals surface area contributed by atoms with Gasteiger partial charge in [0.25, 0.3) is 11.5 Å². The van der Waals surface area contributed by atoms with Crippen molar-refractivity contribution >= 4 is 11.8 Å². The fourth-order valence-electron chi connectivity index (χ4n) is 4.47. The molecule has 2 amide bonds. The molecular weight excluding hydrogens is 434 g/mol. The lowest BCUT2D eigenvalue weighted by molar-refractivity contribution is -0.134. The lowest BCUT2D eigenvalue weighted by atomic mass is 10.1. The van der Waals surface area contributed by atoms with Gasteiger partial charge < -0.3 is 19.1 Å². The van der Waals surface area contributed by atoms with Crippen LogP contribution in [0.5, 0.6) is 0 Å². The molecule has 34 heavy (non-hydrogen) atoms. The first-order chi connectivity index (χ1) is 16.6. The number of carbonyl (C=O) groups is 2. The van der Waals surface area contributed by atoms with Crippen LogP contribution < -0.4 is 5.56 Å². The molecule has 0 N–H and O–H groups in total. The number of aryl methyl sites for hydroxylation is 1. The third kappa shape index (κ3) is 4.35. The number of methoxy groups -OCH3 is 1. The van der Waals surface area contributed by atoms with Gasteiger partial charge in [-0.15, -0.1) is 0 Å². The SMILES string of the molecule is COCCCn1cc(C(=O)N2CCN(C(=O)C3CC3)CC2)c2nn(-c3ccccc3)c(=O)c-2c1. The Morgan fingerprint density at radius 1 is 1.03 bits per heavy atom. The normalized spacial score (nSPS) is 16.3. The van der Waals surface area contributed by atoms with Crippen LogP contribution in [0.2, 0.25) is 0 Å². The van der Waals surface area contributed by atoms with Crippen LogP contribution in [0, 0.1) is 5.92 Å². The number of fused-ring (bicyclic) bond motifs is 1. The van der Waals surface area contributed by atoms with Crippen molar-refractivity contribution in [2.45, 2.75) is 25.8 Å². The van der Waals surface area contributed by atoms with Crippen molar-refractivity contribution in [2.24, 2.45) is 5.92 Å². The van der Waals surface area contributed by atoms with Gasteiger partial charge in [-0.05, 0) is 31.4 Å². The lowest BCUT2D eigenvalue weighted by Gasteiger charge is -2.35. The average molecular weight is 464 g/mol. The van der Waals surface area contributed by atoms with Gasteiger partial charge in [-0.2, -0.15) is 9.78 Å². The van der Waals surface area contributed by atoms with Gasteiger partial charge in [0.05, 0.1) is 16.8 Å². The van der Waals surface area contributed by atoms with Crippen molar-refractivity contribution in [3.8, 4) is 16.9 Å². The second-order valence-corrected chi connectivity index (χ2v) is 8.96. The number of carbonyl (C=O) groups excluding carboxylic acids is 2. The summed E-state index contributed by atoms with van der Waals surface area (Å²) in [6.45, 7) is 3.22. The van der Waals surface area contributed by atoms with Crippen molar-refractivity contribution in [3.63, 3.8) is 0 Å². The van der Waals surface area contributed by atoms with Gasteiger partial charge in [-0.1, -0.05) is 18.2 Å². The van der Waals surface area contributed by atoms with E-state index in [4.69, 9.17) is 4.74 Å². The number of rotatable bonds is 7. The van der Waals surface area contributed by atoms with Gasteiger partial charge in [0.2, 0.25) is 5.91 Å². The number of nitrogens with zero attached hydrogens (tertiary/aromatic N) is 5. The lowest BCUT2D eigenvalue weighted by Crippen LogP contribution is -2.51. The summed E-state index contributed by atoms with van der Waals surface area (Å²) in [6.07, 6.45) is 6.26. The van der Waals surface area contributed by atoms with E-state index in [0.29, 0.717) is 61.8 Å². The van der Waals surface area contributed by atoms with E-state index < -0.39 is 0 Å². The molecule has 9 nitrogen and oxygen atoms in total. The molecule has 5 rings (SSSR count). The van der Waals surface area contributed by atoms with Crippen molar-refractivity contribution in [1.29, 1.82) is 0 Å². The Morgan fingerprint density at radius 2 is 1.74 bits per heavy atom. The number of hydrogen-bond donors (Lipinski definition) is 0. The zero-order valence-electron chi connectivity index (χ0n) is 19.4. The molecule has 0 bridgehead atoms. The van der Waals surface area contributed by atoms with E-state index in [1.54, 1.807) is 24.4 Å². The zero-order valence-corrected chi connectivity index (χ0v) is 19.4.